The number of fused-ring (bicyclic) bond motifs is 1. The molecule has 0 saturated carbocycles. The Balaban J connectivity index is 0.000000184. The Morgan fingerprint density at radius 1 is 1.00 bits per heavy atom. The Bertz CT molecular complexity index is 689. The zero-order valence-electron chi connectivity index (χ0n) is 15.4. The molecule has 1 unspecified atom stereocenters. The van der Waals surface area contributed by atoms with Crippen LogP contribution in [0.25, 0.3) is 0 Å². The normalized spacial score (nSPS) is 17.6. The van der Waals surface area contributed by atoms with Crippen LogP contribution in [0.2, 0.25) is 10.0 Å². The smallest absolute Gasteiger partial charge is 0.290 e. The van der Waals surface area contributed by atoms with Crippen LogP contribution in [0.4, 0.5) is 0 Å². The van der Waals surface area contributed by atoms with E-state index in [-0.39, 0.29) is 6.47 Å². The van der Waals surface area contributed by atoms with Crippen LogP contribution >= 0.6 is 23.2 Å². The van der Waals surface area contributed by atoms with E-state index in [4.69, 9.17) is 37.8 Å². The van der Waals surface area contributed by atoms with Crippen LogP contribution in [0.15, 0.2) is 42.5 Å². The highest BCUT2D eigenvalue weighted by Gasteiger charge is 2.14. The van der Waals surface area contributed by atoms with Crippen LogP contribution in [0.1, 0.15) is 42.4 Å². The topological polar surface area (TPSA) is 46.5 Å². The second kappa shape index (κ2) is 12.0. The summed E-state index contributed by atoms with van der Waals surface area (Å²) in [5, 5.41) is 8.13. The van der Waals surface area contributed by atoms with Crippen LogP contribution in [0.3, 0.4) is 0 Å². The van der Waals surface area contributed by atoms with Gasteiger partial charge in [0.05, 0.1) is 16.1 Å². The van der Waals surface area contributed by atoms with Crippen molar-refractivity contribution in [2.45, 2.75) is 51.0 Å². The fourth-order valence-corrected chi connectivity index (χ4v) is 3.73. The Morgan fingerprint density at radius 2 is 1.67 bits per heavy atom. The van der Waals surface area contributed by atoms with Gasteiger partial charge in [0.15, 0.2) is 0 Å². The molecule has 1 aliphatic heterocycles. The highest BCUT2D eigenvalue weighted by molar-refractivity contribution is 6.42. The van der Waals surface area contributed by atoms with E-state index in [0.717, 1.165) is 19.4 Å². The Hall–Kier alpha value is -1.55. The minimum Gasteiger partial charge on any atom is -0.483 e. The number of benzene rings is 2. The van der Waals surface area contributed by atoms with E-state index >= 15 is 0 Å². The molecule has 146 valence electrons. The summed E-state index contributed by atoms with van der Waals surface area (Å²) < 4.78 is 5.68. The zero-order valence-corrected chi connectivity index (χ0v) is 16.9. The van der Waals surface area contributed by atoms with Crippen molar-refractivity contribution in [2.24, 2.45) is 0 Å². The number of rotatable bonds is 2. The van der Waals surface area contributed by atoms with Crippen LogP contribution < -0.4 is 0 Å². The van der Waals surface area contributed by atoms with Crippen molar-refractivity contribution in [3.05, 3.63) is 69.2 Å². The summed E-state index contributed by atoms with van der Waals surface area (Å²) in [4.78, 5) is 8.36. The van der Waals surface area contributed by atoms with Gasteiger partial charge < -0.3 is 9.84 Å². The number of hydrogen-bond acceptors (Lipinski definition) is 2. The quantitative estimate of drug-likeness (QED) is 0.621. The maximum absolute atomic E-state index is 8.36. The van der Waals surface area contributed by atoms with Crippen LogP contribution in [0.5, 0.6) is 0 Å². The van der Waals surface area contributed by atoms with E-state index in [1.807, 2.05) is 18.2 Å². The molecule has 2 aromatic rings. The SMILES string of the molecule is Clc1ccc(CC2CCCCO2)cc1Cl.O=CO.c1ccc2c(c1)CCC2. The third-order valence-electron chi connectivity index (χ3n) is 4.73. The van der Waals surface area contributed by atoms with Crippen LogP contribution in [0, 0.1) is 0 Å². The predicted molar refractivity (Wildman–Crippen MR) is 111 cm³/mol. The van der Waals surface area contributed by atoms with Crippen LogP contribution in [-0.4, -0.2) is 24.3 Å². The Labute approximate surface area is 171 Å². The fourth-order valence-electron chi connectivity index (χ4n) is 3.41. The highest BCUT2D eigenvalue weighted by atomic mass is 35.5. The molecule has 2 aromatic carbocycles. The number of hydrogen-bond donors (Lipinski definition) is 1. The molecule has 2 aliphatic rings. The largest absolute Gasteiger partial charge is 0.483 e. The van der Waals surface area contributed by atoms with Gasteiger partial charge in [0.2, 0.25) is 0 Å². The van der Waals surface area contributed by atoms with Crippen molar-refractivity contribution in [1.29, 1.82) is 0 Å². The van der Waals surface area contributed by atoms with E-state index in [9.17, 15) is 0 Å². The zero-order chi connectivity index (χ0) is 19.5. The number of aryl methyl sites for hydroxylation is 2. The van der Waals surface area contributed by atoms with Gasteiger partial charge in [0.25, 0.3) is 6.47 Å². The van der Waals surface area contributed by atoms with E-state index < -0.39 is 0 Å². The van der Waals surface area contributed by atoms with Gasteiger partial charge in [-0.25, -0.2) is 0 Å². The second-order valence-corrected chi connectivity index (χ2v) is 7.48. The van der Waals surface area contributed by atoms with Gasteiger partial charge in [-0.15, -0.1) is 0 Å². The predicted octanol–water partition coefficient (Wildman–Crippen LogP) is 5.98. The van der Waals surface area contributed by atoms with Gasteiger partial charge >= 0.3 is 0 Å². The van der Waals surface area contributed by atoms with Crippen molar-refractivity contribution in [3.8, 4) is 0 Å². The van der Waals surface area contributed by atoms with Crippen molar-refractivity contribution < 1.29 is 14.6 Å². The minimum absolute atomic E-state index is 0.250. The van der Waals surface area contributed by atoms with Gasteiger partial charge in [-0.2, -0.15) is 0 Å². The molecule has 3 nitrogen and oxygen atoms in total. The second-order valence-electron chi connectivity index (χ2n) is 6.67. The average molecular weight is 409 g/mol. The summed E-state index contributed by atoms with van der Waals surface area (Å²) in [6.45, 7) is 0.645. The molecule has 1 saturated heterocycles. The summed E-state index contributed by atoms with van der Waals surface area (Å²) in [5.41, 5.74) is 4.34. The van der Waals surface area contributed by atoms with Gasteiger partial charge in [0.1, 0.15) is 0 Å². The molecule has 4 rings (SSSR count). The van der Waals surface area contributed by atoms with Gasteiger partial charge in [-0.05, 0) is 73.8 Å². The molecule has 1 atom stereocenters. The fraction of sp³-hybridized carbons (Fsp3) is 0.409. The first-order valence-corrected chi connectivity index (χ1v) is 10.1. The maximum Gasteiger partial charge on any atom is 0.290 e. The first kappa shape index (κ1) is 21.7. The summed E-state index contributed by atoms with van der Waals surface area (Å²) in [6.07, 6.45) is 8.88. The highest BCUT2D eigenvalue weighted by Crippen LogP contribution is 2.25. The third-order valence-corrected chi connectivity index (χ3v) is 5.47. The summed E-state index contributed by atoms with van der Waals surface area (Å²) in [7, 11) is 0. The molecular formula is C22H26Cl2O3. The van der Waals surface area contributed by atoms with Crippen molar-refractivity contribution in [3.63, 3.8) is 0 Å². The molecule has 1 heterocycles. The molecule has 5 heteroatoms. The van der Waals surface area contributed by atoms with E-state index in [1.54, 1.807) is 11.1 Å². The lowest BCUT2D eigenvalue weighted by molar-refractivity contribution is -0.122. The Kier molecular flexibility index (Phi) is 9.68. The van der Waals surface area contributed by atoms with Gasteiger partial charge in [-0.3, -0.25) is 4.79 Å². The van der Waals surface area contributed by atoms with Gasteiger partial charge in [-0.1, -0.05) is 53.5 Å². The third kappa shape index (κ3) is 7.53. The van der Waals surface area contributed by atoms with Crippen molar-refractivity contribution in [1.82, 2.24) is 0 Å². The number of ether oxygens (including phenoxy) is 1. The molecule has 0 bridgehead atoms. The summed E-state index contributed by atoms with van der Waals surface area (Å²) in [6, 6.07) is 14.5. The van der Waals surface area contributed by atoms with E-state index in [0.29, 0.717) is 16.1 Å². The molecule has 1 N–H and O–H groups in total. The van der Waals surface area contributed by atoms with Crippen LogP contribution in [-0.2, 0) is 28.8 Å². The first-order valence-electron chi connectivity index (χ1n) is 9.34. The number of carboxylic acid groups (broad SMARTS) is 1. The maximum atomic E-state index is 8.36. The molecule has 0 amide bonds. The van der Waals surface area contributed by atoms with E-state index in [2.05, 4.69) is 24.3 Å². The standard InChI is InChI=1S/C12H14Cl2O.C9H10.CH2O2/c13-11-5-4-9(8-12(11)14)7-10-3-1-2-6-15-10;1-2-5-9-7-3-6-8(9)4-1;2-1-3/h4-5,8,10H,1-3,6-7H2;1-2,4-5H,3,6-7H2;1H,(H,2,3). The summed E-state index contributed by atoms with van der Waals surface area (Å²) in [5.74, 6) is 0. The molecule has 0 spiro atoms. The first-order chi connectivity index (χ1) is 13.1. The van der Waals surface area contributed by atoms with Gasteiger partial charge in [0, 0.05) is 6.61 Å². The molecule has 0 radical (unpaired) electrons. The molecule has 27 heavy (non-hydrogen) atoms. The number of halogens is 2. The molecular weight excluding hydrogens is 383 g/mol. The minimum atomic E-state index is -0.250. The molecule has 0 aromatic heterocycles. The molecule has 1 aliphatic carbocycles. The average Bonchev–Trinajstić information content (AvgIpc) is 3.16. The number of carbonyl (C=O) groups is 1. The Morgan fingerprint density at radius 3 is 2.22 bits per heavy atom. The monoisotopic (exact) mass is 408 g/mol. The van der Waals surface area contributed by atoms with Crippen molar-refractivity contribution >= 4 is 29.7 Å². The lowest BCUT2D eigenvalue weighted by atomic mass is 10.0. The van der Waals surface area contributed by atoms with Crippen molar-refractivity contribution in [2.75, 3.05) is 6.61 Å². The lowest BCUT2D eigenvalue weighted by Gasteiger charge is -2.22. The van der Waals surface area contributed by atoms with E-state index in [1.165, 1.54) is 37.7 Å². The molecule has 1 fully saturated rings. The summed E-state index contributed by atoms with van der Waals surface area (Å²) >= 11 is 11.8. The lowest BCUT2D eigenvalue weighted by Crippen LogP contribution is -2.21.